The summed E-state index contributed by atoms with van der Waals surface area (Å²) in [5.41, 5.74) is 6.03. The van der Waals surface area contributed by atoms with Crippen LogP contribution >= 0.6 is 23.2 Å². The Labute approximate surface area is 238 Å². The van der Waals surface area contributed by atoms with E-state index in [0.29, 0.717) is 42.8 Å². The average Bonchev–Trinajstić information content (AvgIpc) is 3.32. The average molecular weight is 578 g/mol. The molecule has 0 N–H and O–H groups in total. The minimum absolute atomic E-state index is 0.264. The summed E-state index contributed by atoms with van der Waals surface area (Å²) in [5.74, 6) is 0. The van der Waals surface area contributed by atoms with Crippen LogP contribution in [0.2, 0.25) is 10.0 Å². The van der Waals surface area contributed by atoms with Crippen molar-refractivity contribution < 1.29 is 8.42 Å². The molecule has 6 rings (SSSR count). The van der Waals surface area contributed by atoms with Crippen molar-refractivity contribution in [1.82, 2.24) is 18.6 Å². The van der Waals surface area contributed by atoms with Crippen molar-refractivity contribution in [3.05, 3.63) is 113 Å². The lowest BCUT2D eigenvalue weighted by atomic mass is 10.1. The van der Waals surface area contributed by atoms with Crippen LogP contribution in [0.5, 0.6) is 0 Å². The molecule has 198 valence electrons. The molecule has 0 amide bonds. The van der Waals surface area contributed by atoms with Gasteiger partial charge in [0.15, 0.2) is 0 Å². The largest absolute Gasteiger partial charge is 0.301 e. The zero-order chi connectivity index (χ0) is 27.0. The summed E-state index contributed by atoms with van der Waals surface area (Å²) in [4.78, 5) is 7.54. The van der Waals surface area contributed by atoms with E-state index in [1.54, 1.807) is 28.6 Å². The number of pyridine rings is 1. The van der Waals surface area contributed by atoms with Crippen LogP contribution in [0.25, 0.3) is 28.0 Å². The molecule has 1 saturated heterocycles. The quantitative estimate of drug-likeness (QED) is 0.232. The van der Waals surface area contributed by atoms with Crippen LogP contribution in [0.1, 0.15) is 5.69 Å². The third-order valence-electron chi connectivity index (χ3n) is 7.10. The summed E-state index contributed by atoms with van der Waals surface area (Å²) in [6.45, 7) is 2.67. The van der Waals surface area contributed by atoms with Crippen molar-refractivity contribution in [2.45, 2.75) is 11.4 Å². The van der Waals surface area contributed by atoms with Crippen LogP contribution in [0.15, 0.2) is 102 Å². The number of fused-ring (bicyclic) bond motifs is 1. The van der Waals surface area contributed by atoms with Gasteiger partial charge in [-0.25, -0.2) is 13.4 Å². The predicted octanol–water partition coefficient (Wildman–Crippen LogP) is 6.48. The number of imidazole rings is 1. The molecule has 1 aliphatic heterocycles. The van der Waals surface area contributed by atoms with Crippen LogP contribution in [0.4, 0.5) is 0 Å². The van der Waals surface area contributed by atoms with Gasteiger partial charge in [0.2, 0.25) is 10.0 Å². The maximum absolute atomic E-state index is 13.2. The molecule has 39 heavy (non-hydrogen) atoms. The van der Waals surface area contributed by atoms with E-state index in [4.69, 9.17) is 28.2 Å². The van der Waals surface area contributed by atoms with Gasteiger partial charge < -0.3 is 4.40 Å². The van der Waals surface area contributed by atoms with E-state index in [0.717, 1.165) is 33.7 Å². The number of piperazine rings is 1. The maximum Gasteiger partial charge on any atom is 0.243 e. The number of nitrogens with zero attached hydrogens (tertiary/aromatic N) is 4. The Balaban J connectivity index is 1.30. The number of hydrogen-bond acceptors (Lipinski definition) is 4. The molecule has 3 aromatic carbocycles. The summed E-state index contributed by atoms with van der Waals surface area (Å²) < 4.78 is 30.1. The van der Waals surface area contributed by atoms with Gasteiger partial charge in [0.1, 0.15) is 5.65 Å². The van der Waals surface area contributed by atoms with Gasteiger partial charge in [0.05, 0.1) is 16.3 Å². The first-order chi connectivity index (χ1) is 18.9. The second-order valence-corrected chi connectivity index (χ2v) is 12.4. The lowest BCUT2D eigenvalue weighted by Crippen LogP contribution is -2.48. The molecule has 0 spiro atoms. The van der Waals surface area contributed by atoms with Crippen molar-refractivity contribution in [3.8, 4) is 22.4 Å². The molecule has 0 atom stereocenters. The lowest BCUT2D eigenvalue weighted by molar-refractivity contribution is 0.180. The third kappa shape index (κ3) is 5.33. The lowest BCUT2D eigenvalue weighted by Gasteiger charge is -2.34. The van der Waals surface area contributed by atoms with Crippen LogP contribution < -0.4 is 0 Å². The van der Waals surface area contributed by atoms with Crippen LogP contribution in [-0.2, 0) is 16.6 Å². The van der Waals surface area contributed by atoms with Crippen molar-refractivity contribution in [3.63, 3.8) is 0 Å². The van der Waals surface area contributed by atoms with E-state index < -0.39 is 10.0 Å². The molecular formula is C30H26Cl2N4O2S. The first-order valence-corrected chi connectivity index (χ1v) is 14.9. The summed E-state index contributed by atoms with van der Waals surface area (Å²) in [6.07, 6.45) is 2.13. The molecule has 5 aromatic rings. The molecule has 0 saturated carbocycles. The topological polar surface area (TPSA) is 57.9 Å². The molecule has 0 bridgehead atoms. The smallest absolute Gasteiger partial charge is 0.243 e. The normalized spacial score (nSPS) is 15.1. The van der Waals surface area contributed by atoms with E-state index in [1.807, 2.05) is 48.5 Å². The van der Waals surface area contributed by atoms with Crippen molar-refractivity contribution in [2.24, 2.45) is 0 Å². The summed E-state index contributed by atoms with van der Waals surface area (Å²) in [5, 5.41) is 1.19. The Hall–Kier alpha value is -3.20. The van der Waals surface area contributed by atoms with Gasteiger partial charge in [-0.1, -0.05) is 65.7 Å². The Morgan fingerprint density at radius 2 is 1.31 bits per heavy atom. The molecular weight excluding hydrogens is 551 g/mol. The zero-order valence-electron chi connectivity index (χ0n) is 21.0. The van der Waals surface area contributed by atoms with E-state index >= 15 is 0 Å². The fourth-order valence-corrected chi connectivity index (χ4v) is 6.65. The third-order valence-corrected chi connectivity index (χ3v) is 9.52. The highest BCUT2D eigenvalue weighted by Gasteiger charge is 2.29. The Morgan fingerprint density at radius 1 is 0.692 bits per heavy atom. The molecule has 1 aliphatic rings. The van der Waals surface area contributed by atoms with Gasteiger partial charge >= 0.3 is 0 Å². The second-order valence-electron chi connectivity index (χ2n) is 9.56. The van der Waals surface area contributed by atoms with Gasteiger partial charge in [0, 0.05) is 54.5 Å². The van der Waals surface area contributed by atoms with Crippen molar-refractivity contribution in [1.29, 1.82) is 0 Å². The highest BCUT2D eigenvalue weighted by molar-refractivity contribution is 7.89. The Bertz CT molecular complexity index is 1710. The SMILES string of the molecule is O=S(=O)(c1ccc(Cl)cc1)N1CCN(Cc2c(-c3ccc(Cl)cc3)nc3ccc(-c4ccccc4)cn23)CC1. The molecule has 1 fully saturated rings. The number of benzene rings is 3. The standard InChI is InChI=1S/C30H26Cl2N4O2S/c31-25-9-6-23(7-10-25)30-28(36-20-24(8-15-29(36)33-30)22-4-2-1-3-5-22)21-34-16-18-35(19-17-34)39(37,38)27-13-11-26(32)12-14-27/h1-15,20H,16-19,21H2. The minimum Gasteiger partial charge on any atom is -0.301 e. The molecule has 0 aliphatic carbocycles. The fourth-order valence-electron chi connectivity index (χ4n) is 4.98. The van der Waals surface area contributed by atoms with E-state index in [-0.39, 0.29) is 4.90 Å². The van der Waals surface area contributed by atoms with Gasteiger partial charge in [-0.15, -0.1) is 0 Å². The van der Waals surface area contributed by atoms with Crippen molar-refractivity contribution >= 4 is 38.9 Å². The summed E-state index contributed by atoms with van der Waals surface area (Å²) in [6, 6.07) is 28.5. The van der Waals surface area contributed by atoms with E-state index in [9.17, 15) is 8.42 Å². The highest BCUT2D eigenvalue weighted by atomic mass is 35.5. The molecule has 3 heterocycles. The zero-order valence-corrected chi connectivity index (χ0v) is 23.4. The Kier molecular flexibility index (Phi) is 7.18. The predicted molar refractivity (Wildman–Crippen MR) is 157 cm³/mol. The molecule has 0 unspecified atom stereocenters. The maximum atomic E-state index is 13.2. The molecule has 6 nitrogen and oxygen atoms in total. The summed E-state index contributed by atoms with van der Waals surface area (Å²) in [7, 11) is -3.57. The minimum atomic E-state index is -3.57. The first kappa shape index (κ1) is 26.0. The van der Waals surface area contributed by atoms with Gasteiger partial charge in [-0.3, -0.25) is 4.90 Å². The van der Waals surface area contributed by atoms with Crippen LogP contribution in [0, 0.1) is 0 Å². The van der Waals surface area contributed by atoms with Crippen molar-refractivity contribution in [2.75, 3.05) is 26.2 Å². The number of sulfonamides is 1. The van der Waals surface area contributed by atoms with E-state index in [2.05, 4.69) is 33.7 Å². The first-order valence-electron chi connectivity index (χ1n) is 12.7. The molecule has 0 radical (unpaired) electrons. The van der Waals surface area contributed by atoms with Crippen LogP contribution in [0.3, 0.4) is 0 Å². The fraction of sp³-hybridized carbons (Fsp3) is 0.167. The van der Waals surface area contributed by atoms with Gasteiger partial charge in [0.25, 0.3) is 0 Å². The monoisotopic (exact) mass is 576 g/mol. The Morgan fingerprint density at radius 3 is 1.97 bits per heavy atom. The van der Waals surface area contributed by atoms with Crippen LogP contribution in [-0.4, -0.2) is 53.2 Å². The van der Waals surface area contributed by atoms with E-state index in [1.165, 1.54) is 0 Å². The summed E-state index contributed by atoms with van der Waals surface area (Å²) >= 11 is 12.1. The number of rotatable bonds is 6. The molecule has 9 heteroatoms. The van der Waals surface area contributed by atoms with Gasteiger partial charge in [-0.05, 0) is 59.7 Å². The number of halogens is 2. The highest BCUT2D eigenvalue weighted by Crippen LogP contribution is 2.30. The number of hydrogen-bond donors (Lipinski definition) is 0. The second kappa shape index (κ2) is 10.8. The van der Waals surface area contributed by atoms with Gasteiger partial charge in [-0.2, -0.15) is 4.31 Å². The number of aromatic nitrogens is 2. The molecule has 2 aromatic heterocycles.